The fourth-order valence-electron chi connectivity index (χ4n) is 2.18. The van der Waals surface area contributed by atoms with Gasteiger partial charge in [-0.3, -0.25) is 0 Å². The lowest BCUT2D eigenvalue weighted by atomic mass is 9.93. The topological polar surface area (TPSA) is 21.3 Å². The minimum Gasteiger partial charge on any atom is -0.381 e. The van der Waals surface area contributed by atoms with Crippen LogP contribution in [0.3, 0.4) is 0 Å². The van der Waals surface area contributed by atoms with E-state index in [1.807, 2.05) is 18.9 Å². The lowest BCUT2D eigenvalue weighted by Gasteiger charge is -2.28. The zero-order valence-electron chi connectivity index (χ0n) is 10.1. The molecule has 0 heterocycles. The number of rotatable bonds is 7. The molecule has 0 saturated heterocycles. The third kappa shape index (κ3) is 5.79. The molecule has 1 saturated carbocycles. The van der Waals surface area contributed by atoms with Crippen LogP contribution >= 0.6 is 11.8 Å². The van der Waals surface area contributed by atoms with E-state index >= 15 is 0 Å². The van der Waals surface area contributed by atoms with Crippen LogP contribution < -0.4 is 5.32 Å². The second kappa shape index (κ2) is 8.43. The molecule has 1 fully saturated rings. The van der Waals surface area contributed by atoms with Crippen LogP contribution in [0.1, 0.15) is 38.5 Å². The highest BCUT2D eigenvalue weighted by Gasteiger charge is 2.19. The van der Waals surface area contributed by atoms with Crippen LogP contribution in [0, 0.1) is 0 Å². The highest BCUT2D eigenvalue weighted by molar-refractivity contribution is 7.98. The molecule has 0 spiro atoms. The summed E-state index contributed by atoms with van der Waals surface area (Å²) in [6.07, 6.45) is 10.4. The number of unbranched alkanes of at least 4 members (excludes halogenated alkanes) is 1. The van der Waals surface area contributed by atoms with Gasteiger partial charge in [0.15, 0.2) is 0 Å². The van der Waals surface area contributed by atoms with E-state index in [2.05, 4.69) is 11.6 Å². The predicted molar refractivity (Wildman–Crippen MR) is 68.7 cm³/mol. The second-order valence-electron chi connectivity index (χ2n) is 4.36. The Kier molecular flexibility index (Phi) is 7.49. The monoisotopic (exact) mass is 231 g/mol. The Bertz CT molecular complexity index is 147. The van der Waals surface area contributed by atoms with Crippen molar-refractivity contribution < 1.29 is 4.74 Å². The molecule has 3 heteroatoms. The standard InChI is InChI=1S/C12H25NOS/c1-14-12-7-5-11(6-8-12)13-9-3-4-10-15-2/h11-13H,3-10H2,1-2H3. The van der Waals surface area contributed by atoms with Crippen LogP contribution in [0.2, 0.25) is 0 Å². The number of thioether (sulfide) groups is 1. The number of hydrogen-bond acceptors (Lipinski definition) is 3. The molecule has 0 atom stereocenters. The van der Waals surface area contributed by atoms with Gasteiger partial charge in [0.2, 0.25) is 0 Å². The fraction of sp³-hybridized carbons (Fsp3) is 1.00. The minimum atomic E-state index is 0.527. The van der Waals surface area contributed by atoms with Crippen LogP contribution in [0.4, 0.5) is 0 Å². The molecule has 0 aromatic heterocycles. The van der Waals surface area contributed by atoms with Crippen LogP contribution in [-0.4, -0.2) is 37.8 Å². The van der Waals surface area contributed by atoms with Crippen molar-refractivity contribution in [3.63, 3.8) is 0 Å². The van der Waals surface area contributed by atoms with Gasteiger partial charge in [-0.2, -0.15) is 11.8 Å². The van der Waals surface area contributed by atoms with Crippen molar-refractivity contribution in [3.8, 4) is 0 Å². The maximum Gasteiger partial charge on any atom is 0.0572 e. The Hall–Kier alpha value is 0.270. The largest absolute Gasteiger partial charge is 0.381 e. The average molecular weight is 231 g/mol. The van der Waals surface area contributed by atoms with Crippen molar-refractivity contribution in [1.29, 1.82) is 0 Å². The molecule has 0 bridgehead atoms. The van der Waals surface area contributed by atoms with Crippen molar-refractivity contribution >= 4 is 11.8 Å². The molecule has 0 aromatic carbocycles. The number of nitrogens with one attached hydrogen (secondary N) is 1. The van der Waals surface area contributed by atoms with Gasteiger partial charge >= 0.3 is 0 Å². The molecular formula is C12H25NOS. The van der Waals surface area contributed by atoms with Crippen LogP contribution in [0.15, 0.2) is 0 Å². The summed E-state index contributed by atoms with van der Waals surface area (Å²) in [5.41, 5.74) is 0. The summed E-state index contributed by atoms with van der Waals surface area (Å²) in [6.45, 7) is 1.20. The molecule has 90 valence electrons. The van der Waals surface area contributed by atoms with Crippen LogP contribution in [0.25, 0.3) is 0 Å². The van der Waals surface area contributed by atoms with E-state index < -0.39 is 0 Å². The second-order valence-corrected chi connectivity index (χ2v) is 5.35. The number of ether oxygens (including phenoxy) is 1. The summed E-state index contributed by atoms with van der Waals surface area (Å²) >= 11 is 1.95. The molecule has 1 aliphatic carbocycles. The van der Waals surface area contributed by atoms with Gasteiger partial charge in [-0.15, -0.1) is 0 Å². The first kappa shape index (κ1) is 13.3. The van der Waals surface area contributed by atoms with Gasteiger partial charge in [-0.1, -0.05) is 0 Å². The Morgan fingerprint density at radius 1 is 1.20 bits per heavy atom. The Morgan fingerprint density at radius 2 is 1.93 bits per heavy atom. The first-order valence-electron chi connectivity index (χ1n) is 6.12. The molecule has 0 aliphatic heterocycles. The molecule has 0 aromatic rings. The van der Waals surface area contributed by atoms with Crippen molar-refractivity contribution in [2.75, 3.05) is 25.7 Å². The summed E-state index contributed by atoms with van der Waals surface area (Å²) in [6, 6.07) is 0.755. The summed E-state index contributed by atoms with van der Waals surface area (Å²) in [5.74, 6) is 1.30. The normalized spacial score (nSPS) is 26.8. The zero-order chi connectivity index (χ0) is 10.9. The van der Waals surface area contributed by atoms with Crippen molar-refractivity contribution in [2.24, 2.45) is 0 Å². The molecule has 2 nitrogen and oxygen atoms in total. The van der Waals surface area contributed by atoms with E-state index in [4.69, 9.17) is 4.74 Å². The van der Waals surface area contributed by atoms with Gasteiger partial charge in [0.1, 0.15) is 0 Å². The molecule has 1 rings (SSSR count). The van der Waals surface area contributed by atoms with Gasteiger partial charge < -0.3 is 10.1 Å². The minimum absolute atomic E-state index is 0.527. The van der Waals surface area contributed by atoms with Gasteiger partial charge in [0.25, 0.3) is 0 Å². The maximum absolute atomic E-state index is 5.37. The summed E-state index contributed by atoms with van der Waals surface area (Å²) in [5, 5.41) is 3.66. The summed E-state index contributed by atoms with van der Waals surface area (Å²) in [7, 11) is 1.83. The highest BCUT2D eigenvalue weighted by atomic mass is 32.2. The molecule has 1 aliphatic rings. The third-order valence-corrected chi connectivity index (χ3v) is 3.91. The number of hydrogen-bond donors (Lipinski definition) is 1. The molecular weight excluding hydrogens is 206 g/mol. The summed E-state index contributed by atoms with van der Waals surface area (Å²) < 4.78 is 5.37. The van der Waals surface area contributed by atoms with E-state index in [9.17, 15) is 0 Å². The van der Waals surface area contributed by atoms with Crippen LogP contribution in [-0.2, 0) is 4.74 Å². The van der Waals surface area contributed by atoms with Crippen molar-refractivity contribution in [3.05, 3.63) is 0 Å². The van der Waals surface area contributed by atoms with E-state index in [0.29, 0.717) is 6.10 Å². The number of methoxy groups -OCH3 is 1. The van der Waals surface area contributed by atoms with Gasteiger partial charge in [-0.05, 0) is 57.1 Å². The van der Waals surface area contributed by atoms with E-state index in [1.54, 1.807) is 0 Å². The van der Waals surface area contributed by atoms with Crippen molar-refractivity contribution in [1.82, 2.24) is 5.32 Å². The lowest BCUT2D eigenvalue weighted by molar-refractivity contribution is 0.0626. The molecule has 15 heavy (non-hydrogen) atoms. The highest BCUT2D eigenvalue weighted by Crippen LogP contribution is 2.20. The van der Waals surface area contributed by atoms with E-state index in [1.165, 1.54) is 50.8 Å². The Morgan fingerprint density at radius 3 is 2.53 bits per heavy atom. The smallest absolute Gasteiger partial charge is 0.0572 e. The predicted octanol–water partition coefficient (Wildman–Crippen LogP) is 2.68. The first-order valence-corrected chi connectivity index (χ1v) is 7.51. The van der Waals surface area contributed by atoms with Crippen molar-refractivity contribution in [2.45, 2.75) is 50.7 Å². The van der Waals surface area contributed by atoms with E-state index in [-0.39, 0.29) is 0 Å². The fourth-order valence-corrected chi connectivity index (χ4v) is 2.67. The maximum atomic E-state index is 5.37. The van der Waals surface area contributed by atoms with Gasteiger partial charge in [0, 0.05) is 13.2 Å². The Balaban J connectivity index is 1.94. The van der Waals surface area contributed by atoms with Gasteiger partial charge in [-0.25, -0.2) is 0 Å². The first-order chi connectivity index (χ1) is 7.36. The average Bonchev–Trinajstić information content (AvgIpc) is 2.30. The third-order valence-electron chi connectivity index (χ3n) is 3.22. The quantitative estimate of drug-likeness (QED) is 0.681. The molecule has 0 amide bonds. The Labute approximate surface area is 98.5 Å². The lowest BCUT2D eigenvalue weighted by Crippen LogP contribution is -2.35. The SMILES string of the molecule is COC1CCC(NCCCCSC)CC1. The zero-order valence-corrected chi connectivity index (χ0v) is 10.9. The molecule has 1 N–H and O–H groups in total. The molecule has 0 unspecified atom stereocenters. The summed E-state index contributed by atoms with van der Waals surface area (Å²) in [4.78, 5) is 0. The van der Waals surface area contributed by atoms with E-state index in [0.717, 1.165) is 6.04 Å². The van der Waals surface area contributed by atoms with Crippen LogP contribution in [0.5, 0.6) is 0 Å². The van der Waals surface area contributed by atoms with Gasteiger partial charge in [0.05, 0.1) is 6.10 Å². The molecule has 0 radical (unpaired) electrons.